The molecular formula is C13H13N3O5S2. The maximum Gasteiger partial charge on any atom is 0.261 e. The standard InChI is InChI=1S/C13H13N3O5S2/c14-13(17)9-2-1-3-10(8-9)16-23(20,21)12-6-4-11(5-7-12)22(15,18)19/h1-8,16H,(H2,14,17)(H2,15,18,19). The van der Waals surface area contributed by atoms with Gasteiger partial charge in [-0.15, -0.1) is 0 Å². The molecule has 0 spiro atoms. The zero-order valence-corrected chi connectivity index (χ0v) is 13.3. The number of nitrogens with one attached hydrogen (secondary N) is 1. The van der Waals surface area contributed by atoms with Gasteiger partial charge in [-0.05, 0) is 42.5 Å². The Bertz CT molecular complexity index is 951. The molecule has 0 aromatic heterocycles. The molecule has 0 aliphatic heterocycles. The fraction of sp³-hybridized carbons (Fsp3) is 0. The number of anilines is 1. The molecule has 2 aromatic rings. The number of benzene rings is 2. The van der Waals surface area contributed by atoms with Crippen LogP contribution in [0.5, 0.6) is 0 Å². The minimum atomic E-state index is -3.96. The predicted octanol–water partition coefficient (Wildman–Crippen LogP) is 0.234. The van der Waals surface area contributed by atoms with E-state index >= 15 is 0 Å². The second-order valence-electron chi connectivity index (χ2n) is 4.57. The van der Waals surface area contributed by atoms with E-state index in [1.807, 2.05) is 0 Å². The number of hydrogen-bond acceptors (Lipinski definition) is 5. The lowest BCUT2D eigenvalue weighted by Crippen LogP contribution is -2.16. The van der Waals surface area contributed by atoms with Crippen LogP contribution in [0.25, 0.3) is 0 Å². The molecule has 122 valence electrons. The molecule has 0 saturated heterocycles. The fourth-order valence-electron chi connectivity index (χ4n) is 1.76. The summed E-state index contributed by atoms with van der Waals surface area (Å²) < 4.78 is 49.1. The molecule has 0 bridgehead atoms. The van der Waals surface area contributed by atoms with Gasteiger partial charge in [0, 0.05) is 11.3 Å². The molecule has 8 nitrogen and oxygen atoms in total. The highest BCUT2D eigenvalue weighted by molar-refractivity contribution is 7.92. The molecule has 5 N–H and O–H groups in total. The highest BCUT2D eigenvalue weighted by Crippen LogP contribution is 2.18. The Hall–Kier alpha value is -2.43. The van der Waals surface area contributed by atoms with Crippen molar-refractivity contribution in [2.45, 2.75) is 9.79 Å². The van der Waals surface area contributed by atoms with Gasteiger partial charge < -0.3 is 5.73 Å². The van der Waals surface area contributed by atoms with E-state index in [0.29, 0.717) is 0 Å². The van der Waals surface area contributed by atoms with Crippen LogP contribution in [0, 0.1) is 0 Å². The Balaban J connectivity index is 2.32. The van der Waals surface area contributed by atoms with Gasteiger partial charge in [0.25, 0.3) is 10.0 Å². The van der Waals surface area contributed by atoms with E-state index in [1.165, 1.54) is 24.3 Å². The minimum Gasteiger partial charge on any atom is -0.366 e. The normalized spacial score (nSPS) is 11.9. The van der Waals surface area contributed by atoms with Gasteiger partial charge in [-0.25, -0.2) is 22.0 Å². The first-order chi connectivity index (χ1) is 10.6. The summed E-state index contributed by atoms with van der Waals surface area (Å²) in [5.41, 5.74) is 5.43. The van der Waals surface area contributed by atoms with E-state index in [2.05, 4.69) is 4.72 Å². The summed E-state index contributed by atoms with van der Waals surface area (Å²) in [4.78, 5) is 10.7. The molecule has 0 radical (unpaired) electrons. The topological polar surface area (TPSA) is 149 Å². The first kappa shape index (κ1) is 16.9. The van der Waals surface area contributed by atoms with Gasteiger partial charge in [-0.2, -0.15) is 0 Å². The summed E-state index contributed by atoms with van der Waals surface area (Å²) in [6.07, 6.45) is 0. The van der Waals surface area contributed by atoms with Crippen molar-refractivity contribution in [2.75, 3.05) is 4.72 Å². The van der Waals surface area contributed by atoms with Gasteiger partial charge in [0.15, 0.2) is 0 Å². The van der Waals surface area contributed by atoms with Crippen molar-refractivity contribution in [3.63, 3.8) is 0 Å². The molecule has 1 amide bonds. The fourth-order valence-corrected chi connectivity index (χ4v) is 3.32. The van der Waals surface area contributed by atoms with Crippen molar-refractivity contribution in [1.29, 1.82) is 0 Å². The second-order valence-corrected chi connectivity index (χ2v) is 7.81. The highest BCUT2D eigenvalue weighted by atomic mass is 32.2. The molecule has 0 aliphatic rings. The van der Waals surface area contributed by atoms with Gasteiger partial charge >= 0.3 is 0 Å². The van der Waals surface area contributed by atoms with Crippen LogP contribution >= 0.6 is 0 Å². The smallest absolute Gasteiger partial charge is 0.261 e. The number of hydrogen-bond donors (Lipinski definition) is 3. The molecule has 0 aliphatic carbocycles. The molecule has 10 heteroatoms. The average molecular weight is 355 g/mol. The maximum atomic E-state index is 12.2. The van der Waals surface area contributed by atoms with Crippen molar-refractivity contribution < 1.29 is 21.6 Å². The minimum absolute atomic E-state index is 0.148. The van der Waals surface area contributed by atoms with Crippen molar-refractivity contribution in [1.82, 2.24) is 0 Å². The first-order valence-electron chi connectivity index (χ1n) is 6.15. The number of nitrogens with two attached hydrogens (primary N) is 2. The zero-order chi connectivity index (χ0) is 17.3. The van der Waals surface area contributed by atoms with Crippen molar-refractivity contribution in [3.8, 4) is 0 Å². The van der Waals surface area contributed by atoms with E-state index in [0.717, 1.165) is 24.3 Å². The van der Waals surface area contributed by atoms with Crippen LogP contribution in [0.2, 0.25) is 0 Å². The monoisotopic (exact) mass is 355 g/mol. The molecule has 2 rings (SSSR count). The molecular weight excluding hydrogens is 342 g/mol. The molecule has 0 saturated carbocycles. The van der Waals surface area contributed by atoms with Crippen LogP contribution in [0.3, 0.4) is 0 Å². The molecule has 23 heavy (non-hydrogen) atoms. The molecule has 0 unspecified atom stereocenters. The molecule has 0 fully saturated rings. The zero-order valence-electron chi connectivity index (χ0n) is 11.6. The third-order valence-electron chi connectivity index (χ3n) is 2.86. The number of rotatable bonds is 5. The molecule has 0 heterocycles. The Morgan fingerprint density at radius 3 is 2.00 bits per heavy atom. The van der Waals surface area contributed by atoms with E-state index in [4.69, 9.17) is 10.9 Å². The van der Waals surface area contributed by atoms with Crippen molar-refractivity contribution >= 4 is 31.6 Å². The lowest BCUT2D eigenvalue weighted by molar-refractivity contribution is 0.100. The number of primary amides is 1. The number of amides is 1. The van der Waals surface area contributed by atoms with Gasteiger partial charge in [0.05, 0.1) is 9.79 Å². The van der Waals surface area contributed by atoms with Crippen LogP contribution in [-0.2, 0) is 20.0 Å². The lowest BCUT2D eigenvalue weighted by Gasteiger charge is -2.09. The largest absolute Gasteiger partial charge is 0.366 e. The second kappa shape index (κ2) is 5.99. The number of carbonyl (C=O) groups excluding carboxylic acids is 1. The average Bonchev–Trinajstić information content (AvgIpc) is 2.46. The summed E-state index contributed by atoms with van der Waals surface area (Å²) in [6, 6.07) is 10.1. The Labute approximate surface area is 133 Å². The quantitative estimate of drug-likeness (QED) is 0.702. The third-order valence-corrected chi connectivity index (χ3v) is 5.19. The van der Waals surface area contributed by atoms with Crippen LogP contribution in [0.1, 0.15) is 10.4 Å². The Morgan fingerprint density at radius 1 is 0.913 bits per heavy atom. The van der Waals surface area contributed by atoms with Gasteiger partial charge in [0.2, 0.25) is 15.9 Å². The van der Waals surface area contributed by atoms with E-state index in [9.17, 15) is 21.6 Å². The molecule has 0 atom stereocenters. The van der Waals surface area contributed by atoms with E-state index in [-0.39, 0.29) is 21.0 Å². The number of sulfonamides is 2. The summed E-state index contributed by atoms with van der Waals surface area (Å²) in [7, 11) is -7.86. The summed E-state index contributed by atoms with van der Waals surface area (Å²) in [5, 5.41) is 4.95. The van der Waals surface area contributed by atoms with Crippen LogP contribution < -0.4 is 15.6 Å². The summed E-state index contributed by atoms with van der Waals surface area (Å²) >= 11 is 0. The van der Waals surface area contributed by atoms with E-state index in [1.54, 1.807) is 0 Å². The van der Waals surface area contributed by atoms with Crippen LogP contribution in [0.4, 0.5) is 5.69 Å². The van der Waals surface area contributed by atoms with E-state index < -0.39 is 26.0 Å². The highest BCUT2D eigenvalue weighted by Gasteiger charge is 2.16. The number of primary sulfonamides is 1. The Morgan fingerprint density at radius 2 is 1.48 bits per heavy atom. The lowest BCUT2D eigenvalue weighted by atomic mass is 10.2. The number of carbonyl (C=O) groups is 1. The van der Waals surface area contributed by atoms with Crippen molar-refractivity contribution in [3.05, 3.63) is 54.1 Å². The summed E-state index contributed by atoms with van der Waals surface area (Å²) in [6.45, 7) is 0. The Kier molecular flexibility index (Phi) is 4.41. The molecule has 2 aromatic carbocycles. The summed E-state index contributed by atoms with van der Waals surface area (Å²) in [5.74, 6) is -0.691. The SMILES string of the molecule is NC(=O)c1cccc(NS(=O)(=O)c2ccc(S(N)(=O)=O)cc2)c1. The maximum absolute atomic E-state index is 12.2. The first-order valence-corrected chi connectivity index (χ1v) is 9.18. The predicted molar refractivity (Wildman–Crippen MR) is 83.6 cm³/mol. The van der Waals surface area contributed by atoms with Gasteiger partial charge in [-0.3, -0.25) is 9.52 Å². The van der Waals surface area contributed by atoms with Crippen LogP contribution in [0.15, 0.2) is 58.3 Å². The third kappa shape index (κ3) is 4.06. The van der Waals surface area contributed by atoms with Gasteiger partial charge in [0.1, 0.15) is 0 Å². The van der Waals surface area contributed by atoms with Crippen LogP contribution in [-0.4, -0.2) is 22.7 Å². The van der Waals surface area contributed by atoms with Crippen molar-refractivity contribution in [2.24, 2.45) is 10.9 Å². The van der Waals surface area contributed by atoms with Gasteiger partial charge in [-0.1, -0.05) is 6.07 Å².